The topological polar surface area (TPSA) is 64.7 Å². The van der Waals surface area contributed by atoms with Gasteiger partial charge in [0.05, 0.1) is 17.7 Å². The molecule has 0 aliphatic carbocycles. The highest BCUT2D eigenvalue weighted by molar-refractivity contribution is 6.32. The molecule has 0 heterocycles. The first-order chi connectivity index (χ1) is 11.6. The Balaban J connectivity index is 2.08. The van der Waals surface area contributed by atoms with Gasteiger partial charge in [-0.1, -0.05) is 41.9 Å². The Morgan fingerprint density at radius 1 is 1.17 bits per heavy atom. The first-order valence-electron chi connectivity index (χ1n) is 7.14. The Bertz CT molecular complexity index is 954. The molecule has 5 nitrogen and oxygen atoms in total. The predicted molar refractivity (Wildman–Crippen MR) is 95.9 cm³/mol. The molecule has 0 unspecified atom stereocenters. The van der Waals surface area contributed by atoms with Crippen LogP contribution in [0.4, 0.5) is 11.4 Å². The normalized spacial score (nSPS) is 11.1. The summed E-state index contributed by atoms with van der Waals surface area (Å²) < 4.78 is 5.40. The van der Waals surface area contributed by atoms with E-state index in [0.29, 0.717) is 11.4 Å². The number of nitrogens with zero attached hydrogens (tertiary/aromatic N) is 2. The molecule has 0 fully saturated rings. The van der Waals surface area contributed by atoms with Gasteiger partial charge in [-0.15, -0.1) is 0 Å². The molecule has 120 valence electrons. The van der Waals surface area contributed by atoms with E-state index in [0.717, 1.165) is 16.3 Å². The highest BCUT2D eigenvalue weighted by atomic mass is 35.5. The zero-order valence-corrected chi connectivity index (χ0v) is 13.5. The Kier molecular flexibility index (Phi) is 4.44. The van der Waals surface area contributed by atoms with E-state index in [9.17, 15) is 10.1 Å². The van der Waals surface area contributed by atoms with E-state index in [1.165, 1.54) is 12.1 Å². The zero-order chi connectivity index (χ0) is 17.1. The minimum Gasteiger partial charge on any atom is -0.496 e. The van der Waals surface area contributed by atoms with Crippen LogP contribution in [0.15, 0.2) is 59.6 Å². The lowest BCUT2D eigenvalue weighted by molar-refractivity contribution is -0.384. The third-order valence-corrected chi connectivity index (χ3v) is 3.94. The molecule has 0 aliphatic rings. The van der Waals surface area contributed by atoms with Gasteiger partial charge in [-0.3, -0.25) is 15.1 Å². The van der Waals surface area contributed by atoms with Gasteiger partial charge in [-0.25, -0.2) is 0 Å². The smallest absolute Gasteiger partial charge is 0.290 e. The number of hydrogen-bond donors (Lipinski definition) is 0. The Hall–Kier alpha value is -2.92. The summed E-state index contributed by atoms with van der Waals surface area (Å²) in [5.41, 5.74) is 1.09. The van der Waals surface area contributed by atoms with Gasteiger partial charge in [0.25, 0.3) is 5.69 Å². The molecule has 0 aromatic heterocycles. The van der Waals surface area contributed by atoms with Gasteiger partial charge in [0, 0.05) is 17.8 Å². The van der Waals surface area contributed by atoms with E-state index in [1.807, 2.05) is 36.4 Å². The van der Waals surface area contributed by atoms with E-state index < -0.39 is 4.92 Å². The molecule has 0 saturated carbocycles. The SMILES string of the molecule is COc1ccc2ccccc2c1C=Nc1ccc(Cl)c([N+](=O)[O-])c1. The van der Waals surface area contributed by atoms with Crippen molar-refractivity contribution in [1.82, 2.24) is 0 Å². The lowest BCUT2D eigenvalue weighted by Gasteiger charge is -2.08. The monoisotopic (exact) mass is 340 g/mol. The second-order valence-electron chi connectivity index (χ2n) is 5.05. The summed E-state index contributed by atoms with van der Waals surface area (Å²) in [6.45, 7) is 0. The van der Waals surface area contributed by atoms with Crippen molar-refractivity contribution in [2.75, 3.05) is 7.11 Å². The number of methoxy groups -OCH3 is 1. The molecule has 3 rings (SSSR count). The van der Waals surface area contributed by atoms with Crippen molar-refractivity contribution in [3.8, 4) is 5.75 Å². The van der Waals surface area contributed by atoms with E-state index >= 15 is 0 Å². The standard InChI is InChI=1S/C18H13ClN2O3/c1-24-18-9-6-12-4-2-3-5-14(12)15(18)11-20-13-7-8-16(19)17(10-13)21(22)23/h2-11H,1H3. The molecule has 0 N–H and O–H groups in total. The van der Waals surface area contributed by atoms with Crippen LogP contribution < -0.4 is 4.74 Å². The fourth-order valence-corrected chi connectivity index (χ4v) is 2.63. The van der Waals surface area contributed by atoms with Crippen molar-refractivity contribution in [3.63, 3.8) is 0 Å². The molecule has 0 atom stereocenters. The lowest BCUT2D eigenvalue weighted by Crippen LogP contribution is -1.92. The number of ether oxygens (including phenoxy) is 1. The minimum absolute atomic E-state index is 0.0849. The van der Waals surface area contributed by atoms with Crippen LogP contribution in [-0.2, 0) is 0 Å². The van der Waals surface area contributed by atoms with Crippen molar-refractivity contribution in [2.24, 2.45) is 4.99 Å². The van der Waals surface area contributed by atoms with Crippen LogP contribution in [0, 0.1) is 10.1 Å². The fraction of sp³-hybridized carbons (Fsp3) is 0.0556. The summed E-state index contributed by atoms with van der Waals surface area (Å²) in [7, 11) is 1.59. The van der Waals surface area contributed by atoms with Gasteiger partial charge in [0.1, 0.15) is 10.8 Å². The Morgan fingerprint density at radius 2 is 1.96 bits per heavy atom. The minimum atomic E-state index is -0.528. The molecule has 0 aliphatic heterocycles. The van der Waals surface area contributed by atoms with Gasteiger partial charge < -0.3 is 4.74 Å². The second-order valence-corrected chi connectivity index (χ2v) is 5.46. The van der Waals surface area contributed by atoms with Crippen LogP contribution >= 0.6 is 11.6 Å². The third-order valence-electron chi connectivity index (χ3n) is 3.62. The summed E-state index contributed by atoms with van der Waals surface area (Å²) >= 11 is 5.82. The molecular weight excluding hydrogens is 328 g/mol. The molecule has 6 heteroatoms. The predicted octanol–water partition coefficient (Wildman–Crippen LogP) is 5.16. The number of hydrogen-bond acceptors (Lipinski definition) is 4. The molecule has 24 heavy (non-hydrogen) atoms. The largest absolute Gasteiger partial charge is 0.496 e. The first kappa shape index (κ1) is 16.0. The van der Waals surface area contributed by atoms with Crippen molar-refractivity contribution < 1.29 is 9.66 Å². The number of nitro benzene ring substituents is 1. The average Bonchev–Trinajstić information content (AvgIpc) is 2.60. The van der Waals surface area contributed by atoms with Crippen LogP contribution in [0.25, 0.3) is 10.8 Å². The van der Waals surface area contributed by atoms with Gasteiger partial charge in [0.15, 0.2) is 0 Å². The Labute approximate surface area is 143 Å². The summed E-state index contributed by atoms with van der Waals surface area (Å²) in [5, 5.41) is 13.1. The number of fused-ring (bicyclic) bond motifs is 1. The maximum atomic E-state index is 11.0. The lowest BCUT2D eigenvalue weighted by atomic mass is 10.0. The third kappa shape index (κ3) is 3.07. The summed E-state index contributed by atoms with van der Waals surface area (Å²) in [6.07, 6.45) is 1.65. The van der Waals surface area contributed by atoms with Crippen LogP contribution in [-0.4, -0.2) is 18.2 Å². The molecule has 0 saturated heterocycles. The molecule has 0 bridgehead atoms. The van der Waals surface area contributed by atoms with Crippen LogP contribution in [0.3, 0.4) is 0 Å². The van der Waals surface area contributed by atoms with Crippen molar-refractivity contribution in [1.29, 1.82) is 0 Å². The van der Waals surface area contributed by atoms with E-state index in [2.05, 4.69) is 4.99 Å². The number of halogens is 1. The van der Waals surface area contributed by atoms with E-state index in [1.54, 1.807) is 19.4 Å². The van der Waals surface area contributed by atoms with Crippen LogP contribution in [0.1, 0.15) is 5.56 Å². The highest BCUT2D eigenvalue weighted by Gasteiger charge is 2.12. The maximum absolute atomic E-state index is 11.0. The molecule has 3 aromatic carbocycles. The molecule has 3 aromatic rings. The zero-order valence-electron chi connectivity index (χ0n) is 12.8. The van der Waals surface area contributed by atoms with Crippen molar-refractivity contribution in [3.05, 3.63) is 75.3 Å². The van der Waals surface area contributed by atoms with Crippen LogP contribution in [0.5, 0.6) is 5.75 Å². The number of nitro groups is 1. The average molecular weight is 341 g/mol. The van der Waals surface area contributed by atoms with E-state index in [4.69, 9.17) is 16.3 Å². The van der Waals surface area contributed by atoms with Gasteiger partial charge >= 0.3 is 0 Å². The number of benzene rings is 3. The quantitative estimate of drug-likeness (QED) is 0.374. The van der Waals surface area contributed by atoms with Crippen LogP contribution in [0.2, 0.25) is 5.02 Å². The molecule has 0 amide bonds. The molecule has 0 radical (unpaired) electrons. The Morgan fingerprint density at radius 3 is 2.71 bits per heavy atom. The number of rotatable bonds is 4. The van der Waals surface area contributed by atoms with E-state index in [-0.39, 0.29) is 10.7 Å². The summed E-state index contributed by atoms with van der Waals surface area (Å²) in [4.78, 5) is 14.8. The fourth-order valence-electron chi connectivity index (χ4n) is 2.45. The van der Waals surface area contributed by atoms with Crippen molar-refractivity contribution >= 4 is 40.0 Å². The van der Waals surface area contributed by atoms with Gasteiger partial charge in [0.2, 0.25) is 0 Å². The van der Waals surface area contributed by atoms with Crippen molar-refractivity contribution in [2.45, 2.75) is 0 Å². The van der Waals surface area contributed by atoms with Gasteiger partial charge in [-0.05, 0) is 29.0 Å². The second kappa shape index (κ2) is 6.68. The molecule has 0 spiro atoms. The summed E-state index contributed by atoms with van der Waals surface area (Å²) in [6, 6.07) is 16.1. The maximum Gasteiger partial charge on any atom is 0.290 e. The van der Waals surface area contributed by atoms with Gasteiger partial charge in [-0.2, -0.15) is 0 Å². The number of aliphatic imine (C=N–C) groups is 1. The molecular formula is C18H13ClN2O3. The first-order valence-corrected chi connectivity index (χ1v) is 7.51. The summed E-state index contributed by atoms with van der Waals surface area (Å²) in [5.74, 6) is 0.681. The highest BCUT2D eigenvalue weighted by Crippen LogP contribution is 2.30.